The normalized spacial score (nSPS) is 9.65. The molecule has 0 bridgehead atoms. The summed E-state index contributed by atoms with van der Waals surface area (Å²) in [5, 5.41) is 2.72. The fourth-order valence-corrected chi connectivity index (χ4v) is 1.95. The molecular weight excluding hydrogens is 252 g/mol. The Bertz CT molecular complexity index is 656. The van der Waals surface area contributed by atoms with Crippen molar-refractivity contribution < 1.29 is 9.59 Å². The second-order valence-electron chi connectivity index (χ2n) is 4.39. The first-order valence-corrected chi connectivity index (χ1v) is 6.21. The van der Waals surface area contributed by atoms with Gasteiger partial charge in [-0.15, -0.1) is 0 Å². The lowest BCUT2D eigenvalue weighted by atomic mass is 10.0. The number of aliphatic imine (C=N–C) groups is 1. The molecule has 20 heavy (non-hydrogen) atoms. The smallest absolute Gasteiger partial charge is 0.240 e. The topological polar surface area (TPSA) is 58.5 Å². The second-order valence-corrected chi connectivity index (χ2v) is 4.39. The van der Waals surface area contributed by atoms with Gasteiger partial charge in [-0.05, 0) is 35.7 Å². The number of carbonyl (C=O) groups excluding carboxylic acids is 2. The van der Waals surface area contributed by atoms with Crippen LogP contribution in [-0.2, 0) is 16.0 Å². The highest BCUT2D eigenvalue weighted by molar-refractivity contribution is 5.88. The average Bonchev–Trinajstić information content (AvgIpc) is 2.43. The quantitative estimate of drug-likeness (QED) is 0.682. The van der Waals surface area contributed by atoms with E-state index in [9.17, 15) is 9.59 Å². The second kappa shape index (κ2) is 6.45. The molecule has 4 nitrogen and oxygen atoms in total. The molecule has 4 heteroatoms. The molecule has 0 heterocycles. The van der Waals surface area contributed by atoms with Crippen molar-refractivity contribution in [3.63, 3.8) is 0 Å². The van der Waals surface area contributed by atoms with Crippen LogP contribution < -0.4 is 5.32 Å². The summed E-state index contributed by atoms with van der Waals surface area (Å²) >= 11 is 0. The van der Waals surface area contributed by atoms with Gasteiger partial charge >= 0.3 is 0 Å². The van der Waals surface area contributed by atoms with Gasteiger partial charge in [0.25, 0.3) is 0 Å². The van der Waals surface area contributed by atoms with Crippen LogP contribution in [0, 0.1) is 0 Å². The van der Waals surface area contributed by atoms with Crippen LogP contribution in [0.5, 0.6) is 0 Å². The van der Waals surface area contributed by atoms with E-state index in [-0.39, 0.29) is 5.91 Å². The van der Waals surface area contributed by atoms with Crippen LogP contribution in [0.3, 0.4) is 0 Å². The number of rotatable bonds is 4. The number of hydrogen-bond donors (Lipinski definition) is 1. The van der Waals surface area contributed by atoms with Gasteiger partial charge in [-0.1, -0.05) is 30.3 Å². The maximum absolute atomic E-state index is 10.9. The van der Waals surface area contributed by atoms with E-state index >= 15 is 0 Å². The summed E-state index contributed by atoms with van der Waals surface area (Å²) in [7, 11) is 0. The van der Waals surface area contributed by atoms with Crippen molar-refractivity contribution in [1.82, 2.24) is 0 Å². The monoisotopic (exact) mass is 266 g/mol. The number of nitrogens with zero attached hydrogens (tertiary/aromatic N) is 1. The number of benzene rings is 2. The molecule has 0 aromatic heterocycles. The number of amides is 1. The maximum Gasteiger partial charge on any atom is 0.240 e. The molecule has 100 valence electrons. The van der Waals surface area contributed by atoms with E-state index in [1.807, 2.05) is 42.5 Å². The number of para-hydroxylation sites is 1. The predicted molar refractivity (Wildman–Crippen MR) is 77.8 cm³/mol. The van der Waals surface area contributed by atoms with Gasteiger partial charge in [-0.25, -0.2) is 4.79 Å². The third-order valence-electron chi connectivity index (χ3n) is 2.83. The molecule has 2 aromatic carbocycles. The van der Waals surface area contributed by atoms with Crippen LogP contribution in [0.4, 0.5) is 11.4 Å². The van der Waals surface area contributed by atoms with Crippen molar-refractivity contribution in [3.05, 3.63) is 59.7 Å². The van der Waals surface area contributed by atoms with Gasteiger partial charge in [0.2, 0.25) is 12.0 Å². The van der Waals surface area contributed by atoms with Gasteiger partial charge < -0.3 is 5.32 Å². The van der Waals surface area contributed by atoms with Crippen LogP contribution in [0.1, 0.15) is 18.1 Å². The molecule has 0 saturated carbocycles. The Hall–Kier alpha value is -2.71. The summed E-state index contributed by atoms with van der Waals surface area (Å²) < 4.78 is 0. The standard InChI is InChI=1S/C16H14N2O2/c1-12(20)18-15-8-6-13(7-9-15)10-14-4-2-3-5-16(14)17-11-19/h2-9H,10H2,1H3,(H,18,20). The highest BCUT2D eigenvalue weighted by atomic mass is 16.1. The van der Waals surface area contributed by atoms with Crippen molar-refractivity contribution in [1.29, 1.82) is 0 Å². The Labute approximate surface area is 117 Å². The fraction of sp³-hybridized carbons (Fsp3) is 0.125. The molecule has 0 radical (unpaired) electrons. The summed E-state index contributed by atoms with van der Waals surface area (Å²) in [6, 6.07) is 15.0. The van der Waals surface area contributed by atoms with Gasteiger partial charge in [0.05, 0.1) is 5.69 Å². The molecule has 0 unspecified atom stereocenters. The summed E-state index contributed by atoms with van der Waals surface area (Å²) in [4.78, 5) is 25.0. The average molecular weight is 266 g/mol. The van der Waals surface area contributed by atoms with E-state index in [0.717, 1.165) is 16.8 Å². The van der Waals surface area contributed by atoms with Gasteiger partial charge in [-0.3, -0.25) is 4.79 Å². The third-order valence-corrected chi connectivity index (χ3v) is 2.83. The molecular formula is C16H14N2O2. The molecule has 0 fully saturated rings. The minimum absolute atomic E-state index is 0.0941. The first kappa shape index (κ1) is 13.7. The largest absolute Gasteiger partial charge is 0.326 e. The summed E-state index contributed by atoms with van der Waals surface area (Å²) in [6.45, 7) is 1.47. The van der Waals surface area contributed by atoms with Gasteiger partial charge in [-0.2, -0.15) is 4.99 Å². The van der Waals surface area contributed by atoms with E-state index in [0.29, 0.717) is 12.1 Å². The van der Waals surface area contributed by atoms with Crippen LogP contribution in [-0.4, -0.2) is 12.0 Å². The third kappa shape index (κ3) is 3.64. The van der Waals surface area contributed by atoms with Crippen LogP contribution >= 0.6 is 0 Å². The number of anilines is 1. The maximum atomic E-state index is 10.9. The van der Waals surface area contributed by atoms with Gasteiger partial charge in [0, 0.05) is 12.6 Å². The first-order valence-electron chi connectivity index (χ1n) is 6.21. The number of isocyanates is 1. The van der Waals surface area contributed by atoms with Gasteiger partial charge in [0.1, 0.15) is 0 Å². The Morgan fingerprint density at radius 2 is 1.85 bits per heavy atom. The minimum Gasteiger partial charge on any atom is -0.326 e. The first-order chi connectivity index (χ1) is 9.69. The number of carbonyl (C=O) groups is 1. The van der Waals surface area contributed by atoms with Crippen molar-refractivity contribution >= 4 is 23.4 Å². The van der Waals surface area contributed by atoms with Crippen molar-refractivity contribution in [2.24, 2.45) is 4.99 Å². The summed E-state index contributed by atoms with van der Waals surface area (Å²) in [5.74, 6) is -0.0941. The zero-order chi connectivity index (χ0) is 14.4. The molecule has 0 spiro atoms. The lowest BCUT2D eigenvalue weighted by molar-refractivity contribution is -0.114. The predicted octanol–water partition coefficient (Wildman–Crippen LogP) is 3.20. The van der Waals surface area contributed by atoms with E-state index < -0.39 is 0 Å². The molecule has 0 atom stereocenters. The Morgan fingerprint density at radius 1 is 1.15 bits per heavy atom. The number of nitrogens with one attached hydrogen (secondary N) is 1. The molecule has 1 amide bonds. The highest BCUT2D eigenvalue weighted by Crippen LogP contribution is 2.22. The Kier molecular flexibility index (Phi) is 4.43. The fourth-order valence-electron chi connectivity index (χ4n) is 1.95. The van der Waals surface area contributed by atoms with E-state index in [2.05, 4.69) is 10.3 Å². The van der Waals surface area contributed by atoms with Crippen molar-refractivity contribution in [3.8, 4) is 0 Å². The van der Waals surface area contributed by atoms with Crippen molar-refractivity contribution in [2.45, 2.75) is 13.3 Å². The van der Waals surface area contributed by atoms with Crippen LogP contribution in [0.25, 0.3) is 0 Å². The molecule has 2 rings (SSSR count). The van der Waals surface area contributed by atoms with Gasteiger partial charge in [0.15, 0.2) is 0 Å². The summed E-state index contributed by atoms with van der Waals surface area (Å²) in [5.41, 5.74) is 3.43. The lowest BCUT2D eigenvalue weighted by Crippen LogP contribution is -2.05. The van der Waals surface area contributed by atoms with Crippen LogP contribution in [0.2, 0.25) is 0 Å². The molecule has 0 aliphatic carbocycles. The number of hydrogen-bond acceptors (Lipinski definition) is 3. The zero-order valence-corrected chi connectivity index (χ0v) is 11.1. The molecule has 0 saturated heterocycles. The Morgan fingerprint density at radius 3 is 2.50 bits per heavy atom. The molecule has 1 N–H and O–H groups in total. The summed E-state index contributed by atoms with van der Waals surface area (Å²) in [6.07, 6.45) is 2.24. The van der Waals surface area contributed by atoms with E-state index in [4.69, 9.17) is 0 Å². The SMILES string of the molecule is CC(=O)Nc1ccc(Cc2ccccc2N=C=O)cc1. The van der Waals surface area contributed by atoms with Crippen molar-refractivity contribution in [2.75, 3.05) is 5.32 Å². The molecule has 0 aliphatic heterocycles. The molecule has 2 aromatic rings. The Balaban J connectivity index is 2.18. The minimum atomic E-state index is -0.0941. The zero-order valence-electron chi connectivity index (χ0n) is 11.1. The van der Waals surface area contributed by atoms with Crippen LogP contribution in [0.15, 0.2) is 53.5 Å². The van der Waals surface area contributed by atoms with E-state index in [1.165, 1.54) is 6.92 Å². The highest BCUT2D eigenvalue weighted by Gasteiger charge is 2.03. The molecule has 0 aliphatic rings. The van der Waals surface area contributed by atoms with E-state index in [1.54, 1.807) is 12.1 Å². The lowest BCUT2D eigenvalue weighted by Gasteiger charge is -2.06.